The summed E-state index contributed by atoms with van der Waals surface area (Å²) in [7, 11) is 0. The molecule has 0 saturated carbocycles. The van der Waals surface area contributed by atoms with Gasteiger partial charge in [-0.3, -0.25) is 0 Å². The molecule has 0 spiro atoms. The van der Waals surface area contributed by atoms with E-state index in [1.807, 2.05) is 0 Å². The molecule has 0 aromatic carbocycles. The fraction of sp³-hybridized carbons (Fsp3) is 0.300. The number of alkyl halides is 3. The van der Waals surface area contributed by atoms with E-state index in [9.17, 15) is 18.0 Å². The molecule has 0 heterocycles. The van der Waals surface area contributed by atoms with Gasteiger partial charge in [-0.2, -0.15) is 13.2 Å². The second kappa shape index (κ2) is 4.33. The van der Waals surface area contributed by atoms with Gasteiger partial charge in [-0.25, -0.2) is 4.79 Å². The highest BCUT2D eigenvalue weighted by atomic mass is 19.4. The zero-order valence-electron chi connectivity index (χ0n) is 7.71. The van der Waals surface area contributed by atoms with Crippen molar-refractivity contribution in [3.63, 3.8) is 0 Å². The lowest BCUT2D eigenvalue weighted by Crippen LogP contribution is -2.13. The van der Waals surface area contributed by atoms with Crippen molar-refractivity contribution in [2.45, 2.75) is 19.0 Å². The maximum atomic E-state index is 12.3. The minimum Gasteiger partial charge on any atom is -0.478 e. The number of carboxylic acid groups (broad SMARTS) is 1. The quantitative estimate of drug-likeness (QED) is 0.571. The van der Waals surface area contributed by atoms with Crippen LogP contribution in [0.5, 0.6) is 0 Å². The standard InChI is InChI=1S/C10H9F3O2/c11-10(12,13)8-3-1-2-7(6-8)4-5-9(14)15/h2-5H,1,6H2,(H,14,15)/b5-4+. The maximum absolute atomic E-state index is 12.3. The highest BCUT2D eigenvalue weighted by molar-refractivity contribution is 5.80. The first kappa shape index (κ1) is 11.6. The van der Waals surface area contributed by atoms with Gasteiger partial charge >= 0.3 is 12.1 Å². The summed E-state index contributed by atoms with van der Waals surface area (Å²) in [5.74, 6) is -1.17. The minimum absolute atomic E-state index is 0.189. The van der Waals surface area contributed by atoms with E-state index in [4.69, 9.17) is 5.11 Å². The van der Waals surface area contributed by atoms with Crippen LogP contribution in [0.15, 0.2) is 35.5 Å². The van der Waals surface area contributed by atoms with E-state index in [2.05, 4.69) is 0 Å². The van der Waals surface area contributed by atoms with Gasteiger partial charge in [0.05, 0.1) is 0 Å². The number of carboxylic acids is 1. The van der Waals surface area contributed by atoms with E-state index >= 15 is 0 Å². The molecule has 0 saturated heterocycles. The number of carbonyl (C=O) groups is 1. The normalized spacial score (nSPS) is 17.5. The van der Waals surface area contributed by atoms with Crippen LogP contribution in [0.1, 0.15) is 12.8 Å². The summed E-state index contributed by atoms with van der Waals surface area (Å²) in [6.45, 7) is 0. The molecule has 0 radical (unpaired) electrons. The Bertz CT molecular complexity index is 348. The molecular formula is C10H9F3O2. The third-order valence-corrected chi connectivity index (χ3v) is 1.94. The first-order valence-corrected chi connectivity index (χ1v) is 4.26. The maximum Gasteiger partial charge on any atom is 0.412 e. The predicted octanol–water partition coefficient (Wildman–Crippen LogP) is 2.84. The molecule has 0 unspecified atom stereocenters. The lowest BCUT2D eigenvalue weighted by Gasteiger charge is -2.15. The Balaban J connectivity index is 2.68. The van der Waals surface area contributed by atoms with Crippen molar-refractivity contribution in [1.29, 1.82) is 0 Å². The van der Waals surface area contributed by atoms with E-state index in [1.165, 1.54) is 6.08 Å². The van der Waals surface area contributed by atoms with Gasteiger partial charge in [-0.05, 0) is 12.0 Å². The average Bonchev–Trinajstić information content (AvgIpc) is 2.14. The predicted molar refractivity (Wildman–Crippen MR) is 48.2 cm³/mol. The van der Waals surface area contributed by atoms with Crippen molar-refractivity contribution < 1.29 is 23.1 Å². The SMILES string of the molecule is O=C(O)/C=C/C1=CCC=C(C(F)(F)F)C1. The average molecular weight is 218 g/mol. The van der Waals surface area contributed by atoms with Crippen molar-refractivity contribution in [1.82, 2.24) is 0 Å². The smallest absolute Gasteiger partial charge is 0.412 e. The van der Waals surface area contributed by atoms with Crippen molar-refractivity contribution in [2.24, 2.45) is 0 Å². The van der Waals surface area contributed by atoms with Gasteiger partial charge in [-0.15, -0.1) is 0 Å². The molecule has 82 valence electrons. The molecule has 0 amide bonds. The molecule has 15 heavy (non-hydrogen) atoms. The molecule has 5 heteroatoms. The molecule has 1 aliphatic carbocycles. The van der Waals surface area contributed by atoms with Gasteiger partial charge < -0.3 is 5.11 Å². The van der Waals surface area contributed by atoms with Crippen LogP contribution in [0, 0.1) is 0 Å². The van der Waals surface area contributed by atoms with Crippen LogP contribution in [-0.4, -0.2) is 17.3 Å². The molecule has 0 atom stereocenters. The summed E-state index contributed by atoms with van der Waals surface area (Å²) in [5, 5.41) is 8.32. The fourth-order valence-corrected chi connectivity index (χ4v) is 1.24. The van der Waals surface area contributed by atoms with E-state index in [1.54, 1.807) is 6.08 Å². The lowest BCUT2D eigenvalue weighted by atomic mass is 9.97. The first-order chi connectivity index (χ1) is 6.89. The summed E-state index contributed by atoms with van der Waals surface area (Å²) in [4.78, 5) is 10.2. The van der Waals surface area contributed by atoms with Crippen LogP contribution < -0.4 is 0 Å². The zero-order valence-corrected chi connectivity index (χ0v) is 7.71. The molecular weight excluding hydrogens is 209 g/mol. The summed E-state index contributed by atoms with van der Waals surface area (Å²) < 4.78 is 36.8. The molecule has 1 rings (SSSR count). The van der Waals surface area contributed by atoms with Crippen molar-refractivity contribution >= 4 is 5.97 Å². The Morgan fingerprint density at radius 2 is 2.07 bits per heavy atom. The van der Waals surface area contributed by atoms with Gasteiger partial charge in [0.15, 0.2) is 0 Å². The van der Waals surface area contributed by atoms with E-state index in [0.29, 0.717) is 5.57 Å². The van der Waals surface area contributed by atoms with Crippen molar-refractivity contribution in [3.05, 3.63) is 35.5 Å². The van der Waals surface area contributed by atoms with Crippen LogP contribution in [-0.2, 0) is 4.79 Å². The van der Waals surface area contributed by atoms with Crippen LogP contribution in [0.25, 0.3) is 0 Å². The summed E-state index contributed by atoms with van der Waals surface area (Å²) >= 11 is 0. The van der Waals surface area contributed by atoms with Crippen LogP contribution in [0.2, 0.25) is 0 Å². The monoisotopic (exact) mass is 218 g/mol. The third kappa shape index (κ3) is 3.61. The summed E-state index contributed by atoms with van der Waals surface area (Å²) in [6, 6.07) is 0. The molecule has 0 bridgehead atoms. The first-order valence-electron chi connectivity index (χ1n) is 4.26. The number of halogens is 3. The Labute approximate surface area is 84.4 Å². The molecule has 1 aliphatic rings. The van der Waals surface area contributed by atoms with Crippen LogP contribution >= 0.6 is 0 Å². The van der Waals surface area contributed by atoms with E-state index in [-0.39, 0.29) is 12.8 Å². The van der Waals surface area contributed by atoms with Gasteiger partial charge in [-0.1, -0.05) is 18.2 Å². The van der Waals surface area contributed by atoms with Crippen LogP contribution in [0.3, 0.4) is 0 Å². The van der Waals surface area contributed by atoms with E-state index < -0.39 is 17.7 Å². The third-order valence-electron chi connectivity index (χ3n) is 1.94. The number of hydrogen-bond donors (Lipinski definition) is 1. The number of rotatable bonds is 2. The summed E-state index contributed by atoms with van der Waals surface area (Å²) in [5.41, 5.74) is -0.234. The molecule has 1 N–H and O–H groups in total. The highest BCUT2D eigenvalue weighted by Crippen LogP contribution is 2.33. The Kier molecular flexibility index (Phi) is 3.34. The number of allylic oxidation sites excluding steroid dienone is 5. The Morgan fingerprint density at radius 3 is 2.60 bits per heavy atom. The largest absolute Gasteiger partial charge is 0.478 e. The molecule has 0 aliphatic heterocycles. The van der Waals surface area contributed by atoms with Crippen molar-refractivity contribution in [3.8, 4) is 0 Å². The van der Waals surface area contributed by atoms with Gasteiger partial charge in [0.2, 0.25) is 0 Å². The van der Waals surface area contributed by atoms with Crippen LogP contribution in [0.4, 0.5) is 13.2 Å². The second-order valence-electron chi connectivity index (χ2n) is 3.09. The lowest BCUT2D eigenvalue weighted by molar-refractivity contribution is -0.131. The number of aliphatic carboxylic acids is 1. The second-order valence-corrected chi connectivity index (χ2v) is 3.09. The summed E-state index contributed by atoms with van der Waals surface area (Å²) in [6.07, 6.45) is 0.330. The Morgan fingerprint density at radius 1 is 1.40 bits per heavy atom. The van der Waals surface area contributed by atoms with Gasteiger partial charge in [0.25, 0.3) is 0 Å². The van der Waals surface area contributed by atoms with Crippen molar-refractivity contribution in [2.75, 3.05) is 0 Å². The zero-order chi connectivity index (χ0) is 11.5. The fourth-order valence-electron chi connectivity index (χ4n) is 1.24. The number of hydrogen-bond acceptors (Lipinski definition) is 1. The van der Waals surface area contributed by atoms with E-state index in [0.717, 1.165) is 12.2 Å². The Hall–Kier alpha value is -1.52. The molecule has 0 aromatic rings. The molecule has 0 fully saturated rings. The minimum atomic E-state index is -4.32. The highest BCUT2D eigenvalue weighted by Gasteiger charge is 2.33. The van der Waals surface area contributed by atoms with Gasteiger partial charge in [0.1, 0.15) is 0 Å². The van der Waals surface area contributed by atoms with Gasteiger partial charge in [0, 0.05) is 18.1 Å². The molecule has 2 nitrogen and oxygen atoms in total. The molecule has 0 aromatic heterocycles. The topological polar surface area (TPSA) is 37.3 Å².